The Kier molecular flexibility index (Phi) is 41.8. The van der Waals surface area contributed by atoms with Crippen LogP contribution in [0.2, 0.25) is 0 Å². The van der Waals surface area contributed by atoms with Gasteiger partial charge in [0.15, 0.2) is 0 Å². The molecular weight excluding hydrogens is 794 g/mol. The third-order valence-corrected chi connectivity index (χ3v) is 8.16. The largest absolute Gasteiger partial charge is 0.394 e. The molecule has 0 aliphatic rings. The van der Waals surface area contributed by atoms with Crippen molar-refractivity contribution in [2.75, 3.05) is 178 Å². The summed E-state index contributed by atoms with van der Waals surface area (Å²) < 4.78 is 59.9. The van der Waals surface area contributed by atoms with Crippen LogP contribution >= 0.6 is 0 Å². The summed E-state index contributed by atoms with van der Waals surface area (Å²) in [5.74, 6) is 0. The summed E-state index contributed by atoms with van der Waals surface area (Å²) in [5, 5.41) is 98.2. The molecule has 0 saturated heterocycles. The van der Waals surface area contributed by atoms with Gasteiger partial charge in [0, 0.05) is 26.2 Å². The van der Waals surface area contributed by atoms with Crippen molar-refractivity contribution in [3.8, 4) is 0 Å². The van der Waals surface area contributed by atoms with Gasteiger partial charge >= 0.3 is 0 Å². The summed E-state index contributed by atoms with van der Waals surface area (Å²) in [6, 6.07) is 0. The van der Waals surface area contributed by atoms with Crippen LogP contribution in [0.1, 0.15) is 13.3 Å². The first-order chi connectivity index (χ1) is 28.6. The zero-order chi connectivity index (χ0) is 43.8. The summed E-state index contributed by atoms with van der Waals surface area (Å²) in [6.07, 6.45) is -13.3. The number of hydrogen-bond donors (Lipinski definition) is 10. The summed E-state index contributed by atoms with van der Waals surface area (Å²) in [7, 11) is 0. The molecule has 0 aliphatic carbocycles. The first kappa shape index (κ1) is 58.1. The van der Waals surface area contributed by atoms with Crippen molar-refractivity contribution < 1.29 is 103 Å². The average Bonchev–Trinajstić information content (AvgIpc) is 3.24. The molecule has 10 N–H and O–H groups in total. The molecule has 22 heteroatoms. The summed E-state index contributed by atoms with van der Waals surface area (Å²) >= 11 is 0. The summed E-state index contributed by atoms with van der Waals surface area (Å²) in [4.78, 5) is 1.35. The fourth-order valence-corrected chi connectivity index (χ4v) is 4.77. The average molecular weight is 872 g/mol. The Hall–Kier alpha value is -0.880. The van der Waals surface area contributed by atoms with Crippen LogP contribution in [-0.2, 0) is 52.1 Å². The second-order valence-corrected chi connectivity index (χ2v) is 13.1. The van der Waals surface area contributed by atoms with Crippen LogP contribution in [-0.4, -0.2) is 283 Å². The molecule has 0 radical (unpaired) electrons. The van der Waals surface area contributed by atoms with Gasteiger partial charge < -0.3 is 103 Å². The van der Waals surface area contributed by atoms with Gasteiger partial charge in [-0.25, -0.2) is 0 Å². The van der Waals surface area contributed by atoms with Gasteiger partial charge in [-0.1, -0.05) is 6.92 Å². The maximum atomic E-state index is 10.4. The van der Waals surface area contributed by atoms with E-state index in [1.54, 1.807) is 0 Å². The highest BCUT2D eigenvalue weighted by Gasteiger charge is 2.34. The number of aliphatic hydroxyl groups excluding tert-OH is 10. The lowest BCUT2D eigenvalue weighted by molar-refractivity contribution is -0.131. The molecule has 22 nitrogen and oxygen atoms in total. The second kappa shape index (κ2) is 42.4. The first-order valence-corrected chi connectivity index (χ1v) is 20.3. The third kappa shape index (κ3) is 34.3. The van der Waals surface area contributed by atoms with Crippen molar-refractivity contribution in [1.29, 1.82) is 0 Å². The lowest BCUT2D eigenvalue weighted by Crippen LogP contribution is -2.53. The predicted octanol–water partition coefficient (Wildman–Crippen LogP) is -5.25. The quantitative estimate of drug-likeness (QED) is 0.0256. The van der Waals surface area contributed by atoms with Crippen LogP contribution in [0.25, 0.3) is 0 Å². The molecule has 0 aromatic heterocycles. The highest BCUT2D eigenvalue weighted by atomic mass is 16.6. The van der Waals surface area contributed by atoms with Crippen molar-refractivity contribution in [3.63, 3.8) is 0 Å². The third-order valence-electron chi connectivity index (χ3n) is 8.16. The number of aliphatic hydroxyl groups is 10. The molecule has 356 valence electrons. The first-order valence-electron chi connectivity index (χ1n) is 20.3. The van der Waals surface area contributed by atoms with Gasteiger partial charge in [-0.05, 0) is 6.42 Å². The van der Waals surface area contributed by atoms with Gasteiger partial charge in [-0.3, -0.25) is 4.90 Å². The summed E-state index contributed by atoms with van der Waals surface area (Å²) in [6.45, 7) is 9.01. The fourth-order valence-electron chi connectivity index (χ4n) is 4.77. The zero-order valence-electron chi connectivity index (χ0n) is 34.8. The molecule has 0 saturated carbocycles. The highest BCUT2D eigenvalue weighted by Crippen LogP contribution is 2.11. The monoisotopic (exact) mass is 871 g/mol. The second-order valence-electron chi connectivity index (χ2n) is 13.1. The van der Waals surface area contributed by atoms with Crippen molar-refractivity contribution in [2.24, 2.45) is 0 Å². The van der Waals surface area contributed by atoms with E-state index in [1.165, 1.54) is 4.90 Å². The van der Waals surface area contributed by atoms with Crippen molar-refractivity contribution in [1.82, 2.24) is 4.90 Å². The number of rotatable bonds is 47. The normalized spacial score (nSPS) is 16.3. The van der Waals surface area contributed by atoms with Gasteiger partial charge in [-0.2, -0.15) is 0 Å². The van der Waals surface area contributed by atoms with Crippen LogP contribution in [0, 0.1) is 0 Å². The fraction of sp³-hybridized carbons (Fsp3) is 1.00. The van der Waals surface area contributed by atoms with Gasteiger partial charge in [-0.15, -0.1) is 0 Å². The minimum Gasteiger partial charge on any atom is -0.394 e. The molecule has 0 aromatic carbocycles. The Bertz CT molecular complexity index is 830. The number of hydrogen-bond acceptors (Lipinski definition) is 22. The molecular formula is C37H77NO21. The Morgan fingerprint density at radius 1 is 0.305 bits per heavy atom. The van der Waals surface area contributed by atoms with Crippen LogP contribution < -0.4 is 0 Å². The van der Waals surface area contributed by atoms with E-state index in [9.17, 15) is 40.9 Å². The van der Waals surface area contributed by atoms with Crippen molar-refractivity contribution in [2.45, 2.75) is 62.2 Å². The SMILES string of the molecule is CCCOCCOCCOCCOCCOCCOCCOCCOCCOCCOCCOCCN(C[C@H](O)[C@@H](O)[C@H](O)[C@H](O)CO)C[C@H](O)[C@@H](O)[C@H](O)[C@H](O)CO. The Morgan fingerprint density at radius 3 is 0.729 bits per heavy atom. The van der Waals surface area contributed by atoms with E-state index in [4.69, 9.17) is 62.3 Å². The minimum atomic E-state index is -1.87. The summed E-state index contributed by atoms with van der Waals surface area (Å²) in [5.41, 5.74) is 0. The highest BCUT2D eigenvalue weighted by molar-refractivity contribution is 4.86. The molecule has 0 aromatic rings. The van der Waals surface area contributed by atoms with E-state index in [-0.39, 0.29) is 39.5 Å². The van der Waals surface area contributed by atoms with E-state index < -0.39 is 62.0 Å². The van der Waals surface area contributed by atoms with Gasteiger partial charge in [0.2, 0.25) is 0 Å². The van der Waals surface area contributed by atoms with E-state index in [0.717, 1.165) is 13.0 Å². The minimum absolute atomic E-state index is 0.0332. The Balaban J connectivity index is 3.77. The molecule has 0 rings (SSSR count). The topological polar surface area (TPSA) is 307 Å². The maximum absolute atomic E-state index is 10.4. The van der Waals surface area contributed by atoms with Crippen LogP contribution in [0.15, 0.2) is 0 Å². The van der Waals surface area contributed by atoms with E-state index in [0.29, 0.717) is 119 Å². The maximum Gasteiger partial charge on any atom is 0.111 e. The number of ether oxygens (including phenoxy) is 11. The molecule has 59 heavy (non-hydrogen) atoms. The molecule has 0 fully saturated rings. The van der Waals surface area contributed by atoms with E-state index >= 15 is 0 Å². The van der Waals surface area contributed by atoms with E-state index in [2.05, 4.69) is 6.92 Å². The molecule has 0 amide bonds. The lowest BCUT2D eigenvalue weighted by atomic mass is 10.0. The van der Waals surface area contributed by atoms with E-state index in [1.807, 2.05) is 0 Å². The molecule has 0 aliphatic heterocycles. The number of nitrogens with zero attached hydrogens (tertiary/aromatic N) is 1. The van der Waals surface area contributed by atoms with Crippen molar-refractivity contribution >= 4 is 0 Å². The van der Waals surface area contributed by atoms with Gasteiger partial charge in [0.05, 0.1) is 164 Å². The molecule has 0 unspecified atom stereocenters. The molecule has 0 spiro atoms. The van der Waals surface area contributed by atoms with Crippen LogP contribution in [0.5, 0.6) is 0 Å². The van der Waals surface area contributed by atoms with Crippen LogP contribution in [0.3, 0.4) is 0 Å². The Labute approximate surface area is 348 Å². The molecule has 8 atom stereocenters. The zero-order valence-corrected chi connectivity index (χ0v) is 34.8. The van der Waals surface area contributed by atoms with Crippen LogP contribution in [0.4, 0.5) is 0 Å². The lowest BCUT2D eigenvalue weighted by Gasteiger charge is -2.33. The smallest absolute Gasteiger partial charge is 0.111 e. The molecule has 0 heterocycles. The molecule has 0 bridgehead atoms. The van der Waals surface area contributed by atoms with Crippen molar-refractivity contribution in [3.05, 3.63) is 0 Å². The van der Waals surface area contributed by atoms with Gasteiger partial charge in [0.25, 0.3) is 0 Å². The Morgan fingerprint density at radius 2 is 0.508 bits per heavy atom. The van der Waals surface area contributed by atoms with Gasteiger partial charge in [0.1, 0.15) is 36.6 Å². The standard InChI is InChI=1S/C37H77NO21/c1-2-4-49-6-8-51-10-12-53-14-16-55-18-20-57-22-24-59-25-23-58-21-19-56-17-15-54-13-11-52-9-7-50-5-3-38(26-30(41)34(45)36(47)32(43)28-39)27-31(42)35(46)37(48)33(44)29-40/h30-37,39-48H,2-29H2,1H3/t30-,31-,32+,33+,34+,35+,36+,37+/m0/s1. The predicted molar refractivity (Wildman–Crippen MR) is 208 cm³/mol.